The number of carboxylic acid groups (broad SMARTS) is 1. The smallest absolute Gasteiger partial charge is 0.303 e. The first-order chi connectivity index (χ1) is 9.26. The highest BCUT2D eigenvalue weighted by molar-refractivity contribution is 5.76. The van der Waals surface area contributed by atoms with E-state index in [2.05, 4.69) is 0 Å². The Balaban J connectivity index is 4.27. The summed E-state index contributed by atoms with van der Waals surface area (Å²) in [4.78, 5) is 28.1. The first kappa shape index (κ1) is 18.9. The van der Waals surface area contributed by atoms with Crippen LogP contribution in [0.2, 0.25) is 0 Å². The summed E-state index contributed by atoms with van der Waals surface area (Å²) in [6.07, 6.45) is 3.24. The van der Waals surface area contributed by atoms with Crippen molar-refractivity contribution in [2.75, 3.05) is 13.1 Å². The molecule has 0 fully saturated rings. The van der Waals surface area contributed by atoms with Crippen molar-refractivity contribution in [3.05, 3.63) is 0 Å². The number of carboxylic acids is 1. The fourth-order valence-corrected chi connectivity index (χ4v) is 1.64. The van der Waals surface area contributed by atoms with Gasteiger partial charge in [-0.15, -0.1) is 0 Å². The molecular formula is C14H28N2O4. The molecule has 0 saturated carbocycles. The number of hydroxylamine groups is 2. The Labute approximate surface area is 121 Å². The van der Waals surface area contributed by atoms with Gasteiger partial charge in [0, 0.05) is 19.4 Å². The summed E-state index contributed by atoms with van der Waals surface area (Å²) in [7, 11) is 0. The molecule has 0 aromatic carbocycles. The van der Waals surface area contributed by atoms with Crippen LogP contribution in [0.25, 0.3) is 0 Å². The van der Waals surface area contributed by atoms with Gasteiger partial charge in [0.15, 0.2) is 0 Å². The van der Waals surface area contributed by atoms with Crippen molar-refractivity contribution in [1.82, 2.24) is 5.06 Å². The maximum Gasteiger partial charge on any atom is 0.303 e. The molecule has 20 heavy (non-hydrogen) atoms. The fourth-order valence-electron chi connectivity index (χ4n) is 1.64. The number of unbranched alkanes of at least 4 members (excludes halogenated alkanes) is 2. The van der Waals surface area contributed by atoms with E-state index in [1.165, 1.54) is 5.06 Å². The number of carbonyl (C=O) groups excluding carboxylic acids is 1. The van der Waals surface area contributed by atoms with Gasteiger partial charge in [0.1, 0.15) is 0 Å². The Bertz CT molecular complexity index is 300. The monoisotopic (exact) mass is 288 g/mol. The molecule has 1 amide bonds. The minimum atomic E-state index is -0.885. The molecule has 0 heterocycles. The maximum atomic E-state index is 12.0. The Morgan fingerprint density at radius 3 is 2.25 bits per heavy atom. The molecule has 0 aromatic rings. The van der Waals surface area contributed by atoms with Gasteiger partial charge in [0.25, 0.3) is 0 Å². The summed E-state index contributed by atoms with van der Waals surface area (Å²) in [6, 6.07) is 0. The van der Waals surface area contributed by atoms with Gasteiger partial charge in [0.2, 0.25) is 5.91 Å². The summed E-state index contributed by atoms with van der Waals surface area (Å²) < 4.78 is 0. The van der Waals surface area contributed by atoms with Crippen LogP contribution in [0, 0.1) is 0 Å². The number of aliphatic carboxylic acids is 1. The Morgan fingerprint density at radius 2 is 1.75 bits per heavy atom. The minimum Gasteiger partial charge on any atom is -0.481 e. The number of carbonyl (C=O) groups is 2. The van der Waals surface area contributed by atoms with Gasteiger partial charge in [-0.1, -0.05) is 6.42 Å². The first-order valence-electron chi connectivity index (χ1n) is 7.17. The highest BCUT2D eigenvalue weighted by Gasteiger charge is 2.21. The molecular weight excluding hydrogens is 260 g/mol. The van der Waals surface area contributed by atoms with Gasteiger partial charge in [-0.3, -0.25) is 14.4 Å². The summed E-state index contributed by atoms with van der Waals surface area (Å²) >= 11 is 0. The quantitative estimate of drug-likeness (QED) is 0.473. The van der Waals surface area contributed by atoms with Crippen LogP contribution in [-0.4, -0.2) is 40.7 Å². The van der Waals surface area contributed by atoms with Crippen LogP contribution in [0.3, 0.4) is 0 Å². The van der Waals surface area contributed by atoms with Crippen LogP contribution in [0.4, 0.5) is 0 Å². The van der Waals surface area contributed by atoms with Crippen molar-refractivity contribution in [3.63, 3.8) is 0 Å². The second-order valence-corrected chi connectivity index (χ2v) is 5.80. The van der Waals surface area contributed by atoms with Crippen LogP contribution in [-0.2, 0) is 14.4 Å². The third-order valence-corrected chi connectivity index (χ3v) is 2.51. The normalized spacial score (nSPS) is 11.4. The first-order valence-corrected chi connectivity index (χ1v) is 7.17. The summed E-state index contributed by atoms with van der Waals surface area (Å²) in [5.41, 5.74) is 4.99. The molecule has 0 aliphatic rings. The SMILES string of the molecule is CC(C)(C)ON(CCCCCN)C(=O)CCCC(=O)O. The molecule has 0 saturated heterocycles. The molecule has 118 valence electrons. The lowest BCUT2D eigenvalue weighted by molar-refractivity contribution is -0.227. The molecule has 0 atom stereocenters. The summed E-state index contributed by atoms with van der Waals surface area (Å²) in [6.45, 7) is 6.80. The van der Waals surface area contributed by atoms with Crippen molar-refractivity contribution in [3.8, 4) is 0 Å². The predicted octanol–water partition coefficient (Wildman–Crippen LogP) is 1.93. The van der Waals surface area contributed by atoms with Crippen molar-refractivity contribution < 1.29 is 19.5 Å². The number of hydrogen-bond donors (Lipinski definition) is 2. The molecule has 0 aliphatic heterocycles. The van der Waals surface area contributed by atoms with Crippen LogP contribution in [0.5, 0.6) is 0 Å². The van der Waals surface area contributed by atoms with Crippen molar-refractivity contribution in [1.29, 1.82) is 0 Å². The molecule has 6 nitrogen and oxygen atoms in total. The predicted molar refractivity (Wildman–Crippen MR) is 76.9 cm³/mol. The lowest BCUT2D eigenvalue weighted by atomic mass is 10.2. The molecule has 0 aliphatic carbocycles. The third-order valence-electron chi connectivity index (χ3n) is 2.51. The third kappa shape index (κ3) is 10.8. The Hall–Kier alpha value is -1.14. The van der Waals surface area contributed by atoms with E-state index in [-0.39, 0.29) is 18.7 Å². The lowest BCUT2D eigenvalue weighted by Gasteiger charge is -2.30. The van der Waals surface area contributed by atoms with E-state index in [0.29, 0.717) is 19.5 Å². The van der Waals surface area contributed by atoms with Crippen LogP contribution >= 0.6 is 0 Å². The second kappa shape index (κ2) is 9.72. The summed E-state index contributed by atoms with van der Waals surface area (Å²) in [5.74, 6) is -1.04. The highest BCUT2D eigenvalue weighted by Crippen LogP contribution is 2.14. The maximum absolute atomic E-state index is 12.0. The number of hydrogen-bond acceptors (Lipinski definition) is 4. The van der Waals surface area contributed by atoms with E-state index in [4.69, 9.17) is 15.7 Å². The number of nitrogens with two attached hydrogens (primary N) is 1. The highest BCUT2D eigenvalue weighted by atomic mass is 16.7. The van der Waals surface area contributed by atoms with Gasteiger partial charge in [-0.2, -0.15) is 0 Å². The van der Waals surface area contributed by atoms with Gasteiger partial charge in [0.05, 0.1) is 5.60 Å². The van der Waals surface area contributed by atoms with Crippen molar-refractivity contribution in [2.45, 2.75) is 64.9 Å². The van der Waals surface area contributed by atoms with Crippen molar-refractivity contribution in [2.24, 2.45) is 5.73 Å². The largest absolute Gasteiger partial charge is 0.481 e. The summed E-state index contributed by atoms with van der Waals surface area (Å²) in [5, 5.41) is 9.96. The van der Waals surface area contributed by atoms with E-state index in [1.807, 2.05) is 20.8 Å². The number of rotatable bonds is 10. The van der Waals surface area contributed by atoms with Crippen LogP contribution in [0.15, 0.2) is 0 Å². The molecule has 0 bridgehead atoms. The van der Waals surface area contributed by atoms with E-state index < -0.39 is 11.6 Å². The fraction of sp³-hybridized carbons (Fsp3) is 0.857. The van der Waals surface area contributed by atoms with Gasteiger partial charge < -0.3 is 10.8 Å². The molecule has 0 aromatic heterocycles. The van der Waals surface area contributed by atoms with Gasteiger partial charge in [-0.25, -0.2) is 5.06 Å². The van der Waals surface area contributed by atoms with Gasteiger partial charge >= 0.3 is 5.97 Å². The average Bonchev–Trinajstić information content (AvgIpc) is 2.31. The van der Waals surface area contributed by atoms with Crippen molar-refractivity contribution >= 4 is 11.9 Å². The molecule has 3 N–H and O–H groups in total. The molecule has 0 spiro atoms. The molecule has 0 rings (SSSR count). The standard InChI is InChI=1S/C14H28N2O4/c1-14(2,3)20-16(11-6-4-5-10-15)12(17)8-7-9-13(18)19/h4-11,15H2,1-3H3,(H,18,19). The van der Waals surface area contributed by atoms with Gasteiger partial charge in [-0.05, 0) is 46.6 Å². The lowest BCUT2D eigenvalue weighted by Crippen LogP contribution is -2.39. The second-order valence-electron chi connectivity index (χ2n) is 5.80. The number of amides is 1. The average molecular weight is 288 g/mol. The van der Waals surface area contributed by atoms with Crippen LogP contribution in [0.1, 0.15) is 59.3 Å². The van der Waals surface area contributed by atoms with E-state index in [9.17, 15) is 9.59 Å². The molecule has 6 heteroatoms. The number of nitrogens with zero attached hydrogens (tertiary/aromatic N) is 1. The van der Waals surface area contributed by atoms with E-state index in [0.717, 1.165) is 19.3 Å². The van der Waals surface area contributed by atoms with E-state index >= 15 is 0 Å². The Kier molecular flexibility index (Phi) is 9.16. The zero-order valence-electron chi connectivity index (χ0n) is 12.9. The molecule has 0 radical (unpaired) electrons. The van der Waals surface area contributed by atoms with E-state index in [1.54, 1.807) is 0 Å². The zero-order chi connectivity index (χ0) is 15.6. The topological polar surface area (TPSA) is 92.9 Å². The molecule has 0 unspecified atom stereocenters. The Morgan fingerprint density at radius 1 is 1.10 bits per heavy atom. The minimum absolute atomic E-state index is 0.00225. The zero-order valence-corrected chi connectivity index (χ0v) is 12.9. The van der Waals surface area contributed by atoms with Crippen LogP contribution < -0.4 is 5.73 Å².